The number of para-hydroxylation sites is 1. The molecule has 0 bridgehead atoms. The van der Waals surface area contributed by atoms with Crippen molar-refractivity contribution in [2.45, 2.75) is 19.9 Å². The lowest BCUT2D eigenvalue weighted by molar-refractivity contribution is -0.123. The van der Waals surface area contributed by atoms with E-state index >= 15 is 0 Å². The van der Waals surface area contributed by atoms with E-state index in [0.29, 0.717) is 0 Å². The van der Waals surface area contributed by atoms with Crippen molar-refractivity contribution in [3.05, 3.63) is 52.7 Å². The fourth-order valence-corrected chi connectivity index (χ4v) is 2.66. The number of oxime groups is 1. The number of nitrogens with zero attached hydrogens (tertiary/aromatic N) is 2. The first-order valence-electron chi connectivity index (χ1n) is 6.94. The zero-order chi connectivity index (χ0) is 15.9. The van der Waals surface area contributed by atoms with Gasteiger partial charge in [0, 0.05) is 22.7 Å². The van der Waals surface area contributed by atoms with E-state index in [-0.39, 0.29) is 24.4 Å². The van der Waals surface area contributed by atoms with E-state index in [1.165, 1.54) is 11.3 Å². The predicted molar refractivity (Wildman–Crippen MR) is 90.1 cm³/mol. The summed E-state index contributed by atoms with van der Waals surface area (Å²) in [4.78, 5) is 19.1. The van der Waals surface area contributed by atoms with Crippen LogP contribution in [0.2, 0.25) is 0 Å². The van der Waals surface area contributed by atoms with Gasteiger partial charge in [0.1, 0.15) is 0 Å². The summed E-state index contributed by atoms with van der Waals surface area (Å²) in [6, 6.07) is 11.4. The van der Waals surface area contributed by atoms with Gasteiger partial charge < -0.3 is 15.5 Å². The average molecular weight is 317 g/mol. The van der Waals surface area contributed by atoms with Crippen LogP contribution in [0.1, 0.15) is 19.4 Å². The molecule has 1 aromatic heterocycles. The van der Waals surface area contributed by atoms with Crippen molar-refractivity contribution in [1.82, 2.24) is 0 Å². The van der Waals surface area contributed by atoms with Gasteiger partial charge in [0.05, 0.1) is 0 Å². The van der Waals surface area contributed by atoms with Crippen LogP contribution in [-0.2, 0) is 9.63 Å². The second-order valence-electron chi connectivity index (χ2n) is 4.96. The van der Waals surface area contributed by atoms with E-state index in [4.69, 9.17) is 10.6 Å². The molecule has 1 aromatic carbocycles. The molecular formula is C16H19N3O2S. The highest BCUT2D eigenvalue weighted by atomic mass is 32.1. The SMILES string of the molecule is CC(C)N(C(=O)CO/N=C(/N)c1ccsc1)c1ccccc1. The summed E-state index contributed by atoms with van der Waals surface area (Å²) in [5, 5.41) is 7.57. The van der Waals surface area contributed by atoms with Crippen molar-refractivity contribution in [3.8, 4) is 0 Å². The third-order valence-electron chi connectivity index (χ3n) is 2.99. The van der Waals surface area contributed by atoms with Gasteiger partial charge in [-0.2, -0.15) is 11.3 Å². The zero-order valence-electron chi connectivity index (χ0n) is 12.6. The normalized spacial score (nSPS) is 11.5. The lowest BCUT2D eigenvalue weighted by Crippen LogP contribution is -2.39. The fraction of sp³-hybridized carbons (Fsp3) is 0.250. The second kappa shape index (κ2) is 7.61. The first-order chi connectivity index (χ1) is 10.6. The molecule has 0 aliphatic heterocycles. The number of thiophene rings is 1. The first kappa shape index (κ1) is 16.0. The Hall–Kier alpha value is -2.34. The summed E-state index contributed by atoms with van der Waals surface area (Å²) in [6.07, 6.45) is 0. The Labute approximate surface area is 134 Å². The summed E-state index contributed by atoms with van der Waals surface area (Å²) in [5.74, 6) is 0.105. The highest BCUT2D eigenvalue weighted by Crippen LogP contribution is 2.16. The minimum Gasteiger partial charge on any atom is -0.384 e. The summed E-state index contributed by atoms with van der Waals surface area (Å²) < 4.78 is 0. The number of amidine groups is 1. The van der Waals surface area contributed by atoms with Crippen molar-refractivity contribution in [2.75, 3.05) is 11.5 Å². The van der Waals surface area contributed by atoms with Gasteiger partial charge in [0.15, 0.2) is 12.4 Å². The molecule has 0 aliphatic carbocycles. The first-order valence-corrected chi connectivity index (χ1v) is 7.89. The summed E-state index contributed by atoms with van der Waals surface area (Å²) in [6.45, 7) is 3.75. The van der Waals surface area contributed by atoms with E-state index < -0.39 is 0 Å². The predicted octanol–water partition coefficient (Wildman–Crippen LogP) is 2.83. The van der Waals surface area contributed by atoms with E-state index in [1.807, 2.05) is 61.0 Å². The number of hydrogen-bond donors (Lipinski definition) is 1. The number of amides is 1. The average Bonchev–Trinajstić information content (AvgIpc) is 3.02. The molecule has 5 nitrogen and oxygen atoms in total. The monoisotopic (exact) mass is 317 g/mol. The van der Waals surface area contributed by atoms with Crippen LogP contribution in [-0.4, -0.2) is 24.4 Å². The summed E-state index contributed by atoms with van der Waals surface area (Å²) in [5.41, 5.74) is 7.41. The lowest BCUT2D eigenvalue weighted by atomic mass is 10.2. The molecule has 2 rings (SSSR count). The van der Waals surface area contributed by atoms with E-state index in [2.05, 4.69) is 5.16 Å². The number of rotatable bonds is 6. The molecule has 0 saturated heterocycles. The summed E-state index contributed by atoms with van der Waals surface area (Å²) >= 11 is 1.52. The van der Waals surface area contributed by atoms with Gasteiger partial charge in [0.25, 0.3) is 5.91 Å². The molecule has 2 aromatic rings. The number of carbonyl (C=O) groups excluding carboxylic acids is 1. The molecule has 2 N–H and O–H groups in total. The van der Waals surface area contributed by atoms with E-state index in [1.54, 1.807) is 4.90 Å². The molecule has 6 heteroatoms. The third kappa shape index (κ3) is 4.08. The van der Waals surface area contributed by atoms with Gasteiger partial charge in [-0.25, -0.2) is 0 Å². The molecule has 1 heterocycles. The number of nitrogens with two attached hydrogens (primary N) is 1. The highest BCUT2D eigenvalue weighted by molar-refractivity contribution is 7.08. The minimum absolute atomic E-state index is 0.0247. The Morgan fingerprint density at radius 1 is 1.32 bits per heavy atom. The molecule has 22 heavy (non-hydrogen) atoms. The Kier molecular flexibility index (Phi) is 5.55. The number of hydrogen-bond acceptors (Lipinski definition) is 4. The third-order valence-corrected chi connectivity index (χ3v) is 3.67. The number of benzene rings is 1. The van der Waals surface area contributed by atoms with Crippen molar-refractivity contribution < 1.29 is 9.63 Å². The topological polar surface area (TPSA) is 67.9 Å². The van der Waals surface area contributed by atoms with Crippen molar-refractivity contribution in [2.24, 2.45) is 10.9 Å². The molecular weight excluding hydrogens is 298 g/mol. The van der Waals surface area contributed by atoms with Crippen molar-refractivity contribution in [3.63, 3.8) is 0 Å². The van der Waals surface area contributed by atoms with Crippen LogP contribution >= 0.6 is 11.3 Å². The Morgan fingerprint density at radius 3 is 2.64 bits per heavy atom. The molecule has 1 amide bonds. The molecule has 0 fully saturated rings. The van der Waals surface area contributed by atoms with Gasteiger partial charge >= 0.3 is 0 Å². The van der Waals surface area contributed by atoms with Crippen LogP contribution in [0, 0.1) is 0 Å². The maximum atomic E-state index is 12.3. The Balaban J connectivity index is 1.99. The molecule has 116 valence electrons. The maximum Gasteiger partial charge on any atom is 0.267 e. The smallest absolute Gasteiger partial charge is 0.267 e. The second-order valence-corrected chi connectivity index (χ2v) is 5.74. The van der Waals surface area contributed by atoms with Crippen LogP contribution in [0.25, 0.3) is 0 Å². The lowest BCUT2D eigenvalue weighted by Gasteiger charge is -2.26. The number of anilines is 1. The molecule has 0 spiro atoms. The standard InChI is InChI=1S/C16H19N3O2S/c1-12(2)19(14-6-4-3-5-7-14)15(20)10-21-18-16(17)13-8-9-22-11-13/h3-9,11-12H,10H2,1-2H3,(H2,17,18). The maximum absolute atomic E-state index is 12.3. The highest BCUT2D eigenvalue weighted by Gasteiger charge is 2.19. The van der Waals surface area contributed by atoms with Crippen LogP contribution in [0.15, 0.2) is 52.3 Å². The molecule has 0 radical (unpaired) electrons. The molecule has 0 saturated carbocycles. The minimum atomic E-state index is -0.164. The van der Waals surface area contributed by atoms with Gasteiger partial charge in [-0.1, -0.05) is 23.4 Å². The largest absolute Gasteiger partial charge is 0.384 e. The van der Waals surface area contributed by atoms with Crippen LogP contribution < -0.4 is 10.6 Å². The van der Waals surface area contributed by atoms with Gasteiger partial charge in [-0.3, -0.25) is 4.79 Å². The van der Waals surface area contributed by atoms with Crippen molar-refractivity contribution >= 4 is 28.8 Å². The summed E-state index contributed by atoms with van der Waals surface area (Å²) in [7, 11) is 0. The van der Waals surface area contributed by atoms with Crippen LogP contribution in [0.5, 0.6) is 0 Å². The van der Waals surface area contributed by atoms with E-state index in [0.717, 1.165) is 11.3 Å². The fourth-order valence-electron chi connectivity index (χ4n) is 2.01. The Bertz CT molecular complexity index is 624. The van der Waals surface area contributed by atoms with Crippen LogP contribution in [0.3, 0.4) is 0 Å². The van der Waals surface area contributed by atoms with Crippen molar-refractivity contribution in [1.29, 1.82) is 0 Å². The van der Waals surface area contributed by atoms with Crippen LogP contribution in [0.4, 0.5) is 5.69 Å². The number of carbonyl (C=O) groups is 1. The van der Waals surface area contributed by atoms with Gasteiger partial charge in [-0.15, -0.1) is 0 Å². The van der Waals surface area contributed by atoms with Gasteiger partial charge in [-0.05, 0) is 37.4 Å². The molecule has 0 aliphatic rings. The van der Waals surface area contributed by atoms with E-state index in [9.17, 15) is 4.79 Å². The zero-order valence-corrected chi connectivity index (χ0v) is 13.4. The molecule has 0 atom stereocenters. The Morgan fingerprint density at radius 2 is 2.05 bits per heavy atom. The van der Waals surface area contributed by atoms with Gasteiger partial charge in [0.2, 0.25) is 0 Å². The quantitative estimate of drug-likeness (QED) is 0.506. The molecule has 0 unspecified atom stereocenters.